The number of hydrogen-bond donors (Lipinski definition) is 0. The van der Waals surface area contributed by atoms with Gasteiger partial charge in [-0.05, 0) is 66.1 Å². The van der Waals surface area contributed by atoms with Crippen LogP contribution in [0, 0.1) is 0 Å². The number of nitrogens with zero attached hydrogens (tertiary/aromatic N) is 1. The summed E-state index contributed by atoms with van der Waals surface area (Å²) in [5, 5.41) is 0. The van der Waals surface area contributed by atoms with Crippen LogP contribution in [0.25, 0.3) is 22.3 Å². The Labute approximate surface area is 205 Å². The Morgan fingerprint density at radius 2 is 1.43 bits per heavy atom. The molecule has 0 radical (unpaired) electrons. The highest BCUT2D eigenvalue weighted by Gasteiger charge is 2.18. The first-order chi connectivity index (χ1) is 17.0. The summed E-state index contributed by atoms with van der Waals surface area (Å²) in [6, 6.07) is 24.4. The van der Waals surface area contributed by atoms with E-state index in [1.54, 1.807) is 51.8 Å². The van der Waals surface area contributed by atoms with Crippen molar-refractivity contribution >= 4 is 5.97 Å². The lowest BCUT2D eigenvalue weighted by Crippen LogP contribution is -2.10. The number of pyridine rings is 1. The number of aromatic nitrogens is 1. The zero-order valence-electron chi connectivity index (χ0n) is 20.1. The van der Waals surface area contributed by atoms with Gasteiger partial charge in [0, 0.05) is 11.8 Å². The molecule has 1 unspecified atom stereocenters. The average Bonchev–Trinajstić information content (AvgIpc) is 2.92. The number of rotatable bonds is 8. The van der Waals surface area contributed by atoms with Crippen LogP contribution >= 0.6 is 0 Å². The molecule has 4 aromatic rings. The Kier molecular flexibility index (Phi) is 7.31. The Morgan fingerprint density at radius 3 is 2.09 bits per heavy atom. The highest BCUT2D eigenvalue weighted by molar-refractivity contribution is 5.89. The molecule has 1 aromatic heterocycles. The molecule has 0 fully saturated rings. The zero-order valence-corrected chi connectivity index (χ0v) is 20.1. The predicted octanol–water partition coefficient (Wildman–Crippen LogP) is 6.36. The van der Waals surface area contributed by atoms with E-state index in [2.05, 4.69) is 4.98 Å². The van der Waals surface area contributed by atoms with Gasteiger partial charge in [-0.1, -0.05) is 36.4 Å². The van der Waals surface area contributed by atoms with Gasteiger partial charge in [-0.3, -0.25) is 4.98 Å². The van der Waals surface area contributed by atoms with Crippen molar-refractivity contribution in [2.24, 2.45) is 0 Å². The molecular weight excluding hydrogens is 442 g/mol. The van der Waals surface area contributed by atoms with Crippen molar-refractivity contribution < 1.29 is 23.7 Å². The molecule has 0 saturated heterocycles. The summed E-state index contributed by atoms with van der Waals surface area (Å²) < 4.78 is 21.9. The van der Waals surface area contributed by atoms with Gasteiger partial charge < -0.3 is 18.9 Å². The van der Waals surface area contributed by atoms with E-state index >= 15 is 0 Å². The van der Waals surface area contributed by atoms with E-state index in [1.807, 2.05) is 61.5 Å². The second kappa shape index (κ2) is 10.7. The molecule has 3 aromatic carbocycles. The van der Waals surface area contributed by atoms with E-state index in [1.165, 1.54) is 0 Å². The molecule has 6 heteroatoms. The van der Waals surface area contributed by atoms with Crippen molar-refractivity contribution in [2.45, 2.75) is 13.0 Å². The molecule has 0 bridgehead atoms. The van der Waals surface area contributed by atoms with Gasteiger partial charge in [0.15, 0.2) is 11.5 Å². The van der Waals surface area contributed by atoms with Crippen LogP contribution in [0.2, 0.25) is 0 Å². The molecular formula is C29H27NO5. The molecule has 4 rings (SSSR count). The minimum Gasteiger partial charge on any atom is -0.497 e. The smallest absolute Gasteiger partial charge is 0.338 e. The van der Waals surface area contributed by atoms with Crippen LogP contribution in [0.3, 0.4) is 0 Å². The molecule has 0 aliphatic heterocycles. The first kappa shape index (κ1) is 23.8. The Bertz CT molecular complexity index is 1300. The first-order valence-corrected chi connectivity index (χ1v) is 11.2. The maximum Gasteiger partial charge on any atom is 0.338 e. The highest BCUT2D eigenvalue weighted by atomic mass is 16.5. The summed E-state index contributed by atoms with van der Waals surface area (Å²) in [6.45, 7) is 1.81. The normalized spacial score (nSPS) is 11.4. The molecule has 0 spiro atoms. The maximum atomic E-state index is 12.6. The van der Waals surface area contributed by atoms with E-state index < -0.39 is 12.1 Å². The van der Waals surface area contributed by atoms with Gasteiger partial charge in [0.05, 0.1) is 32.6 Å². The summed E-state index contributed by atoms with van der Waals surface area (Å²) in [5.41, 5.74) is 4.86. The molecule has 0 N–H and O–H groups in total. The molecule has 178 valence electrons. The van der Waals surface area contributed by atoms with Crippen molar-refractivity contribution in [3.63, 3.8) is 0 Å². The van der Waals surface area contributed by atoms with Crippen molar-refractivity contribution in [1.29, 1.82) is 0 Å². The third-order valence-electron chi connectivity index (χ3n) is 5.73. The molecule has 0 amide bonds. The van der Waals surface area contributed by atoms with Crippen molar-refractivity contribution in [1.82, 2.24) is 4.98 Å². The van der Waals surface area contributed by atoms with Gasteiger partial charge >= 0.3 is 5.97 Å². The van der Waals surface area contributed by atoms with E-state index in [0.29, 0.717) is 22.8 Å². The average molecular weight is 470 g/mol. The molecule has 1 atom stereocenters. The number of hydrogen-bond acceptors (Lipinski definition) is 6. The number of carbonyl (C=O) groups is 1. The van der Waals surface area contributed by atoms with Crippen LogP contribution in [0.1, 0.15) is 29.1 Å². The molecule has 6 nitrogen and oxygen atoms in total. The van der Waals surface area contributed by atoms with Crippen LogP contribution in [0.4, 0.5) is 0 Å². The molecule has 0 aliphatic carbocycles. The summed E-state index contributed by atoms with van der Waals surface area (Å²) in [5.74, 6) is 1.63. The number of benzene rings is 3. The van der Waals surface area contributed by atoms with Crippen LogP contribution in [0.5, 0.6) is 17.2 Å². The van der Waals surface area contributed by atoms with Crippen molar-refractivity contribution in [3.8, 4) is 39.5 Å². The largest absolute Gasteiger partial charge is 0.497 e. The third-order valence-corrected chi connectivity index (χ3v) is 5.73. The predicted molar refractivity (Wildman–Crippen MR) is 135 cm³/mol. The second-order valence-electron chi connectivity index (χ2n) is 7.87. The number of carbonyl (C=O) groups excluding carboxylic acids is 1. The fourth-order valence-corrected chi connectivity index (χ4v) is 3.80. The Hall–Kier alpha value is -4.32. The minimum absolute atomic E-state index is 0.396. The van der Waals surface area contributed by atoms with Gasteiger partial charge in [-0.15, -0.1) is 0 Å². The summed E-state index contributed by atoms with van der Waals surface area (Å²) in [6.07, 6.45) is 1.25. The minimum atomic E-state index is -0.550. The lowest BCUT2D eigenvalue weighted by Gasteiger charge is -2.17. The van der Waals surface area contributed by atoms with Crippen LogP contribution < -0.4 is 14.2 Å². The standard InChI is InChI=1S/C29H27NO5/c1-19(35-29(31)21-8-6-5-7-9-21)26-17-24(22-12-15-27(33-3)28(16-22)34-4)25(18-30-26)20-10-13-23(32-2)14-11-20/h5-19H,1-4H3. The molecule has 1 heterocycles. The summed E-state index contributed by atoms with van der Waals surface area (Å²) in [4.78, 5) is 17.2. The number of ether oxygens (including phenoxy) is 4. The zero-order chi connectivity index (χ0) is 24.8. The van der Waals surface area contributed by atoms with Crippen molar-refractivity contribution in [3.05, 3.63) is 96.3 Å². The fourth-order valence-electron chi connectivity index (χ4n) is 3.80. The summed E-state index contributed by atoms with van der Waals surface area (Å²) >= 11 is 0. The third kappa shape index (κ3) is 5.27. The molecule has 0 aliphatic rings. The lowest BCUT2D eigenvalue weighted by molar-refractivity contribution is 0.0329. The lowest BCUT2D eigenvalue weighted by atomic mass is 9.94. The van der Waals surface area contributed by atoms with Gasteiger partial charge in [-0.2, -0.15) is 0 Å². The van der Waals surface area contributed by atoms with Crippen LogP contribution in [-0.4, -0.2) is 32.3 Å². The summed E-state index contributed by atoms with van der Waals surface area (Å²) in [7, 11) is 4.85. The van der Waals surface area contributed by atoms with E-state index in [0.717, 1.165) is 28.0 Å². The topological polar surface area (TPSA) is 66.9 Å². The first-order valence-electron chi connectivity index (χ1n) is 11.2. The van der Waals surface area contributed by atoms with E-state index in [9.17, 15) is 4.79 Å². The van der Waals surface area contributed by atoms with Gasteiger partial charge in [0.2, 0.25) is 0 Å². The highest BCUT2D eigenvalue weighted by Crippen LogP contribution is 2.38. The van der Waals surface area contributed by atoms with Gasteiger partial charge in [0.1, 0.15) is 11.9 Å². The Morgan fingerprint density at radius 1 is 0.743 bits per heavy atom. The Balaban J connectivity index is 1.76. The molecule has 0 saturated carbocycles. The molecule has 35 heavy (non-hydrogen) atoms. The van der Waals surface area contributed by atoms with Crippen LogP contribution in [0.15, 0.2) is 85.1 Å². The number of esters is 1. The van der Waals surface area contributed by atoms with Gasteiger partial charge in [-0.25, -0.2) is 4.79 Å². The van der Waals surface area contributed by atoms with E-state index in [-0.39, 0.29) is 0 Å². The second-order valence-corrected chi connectivity index (χ2v) is 7.87. The maximum absolute atomic E-state index is 12.6. The quantitative estimate of drug-likeness (QED) is 0.280. The van der Waals surface area contributed by atoms with Crippen LogP contribution in [-0.2, 0) is 4.74 Å². The fraction of sp³-hybridized carbons (Fsp3) is 0.172. The monoisotopic (exact) mass is 469 g/mol. The number of methoxy groups -OCH3 is 3. The van der Waals surface area contributed by atoms with E-state index in [4.69, 9.17) is 18.9 Å². The SMILES string of the molecule is COc1ccc(-c2cnc(C(C)OC(=O)c3ccccc3)cc2-c2ccc(OC)c(OC)c2)cc1. The van der Waals surface area contributed by atoms with Gasteiger partial charge in [0.25, 0.3) is 0 Å². The van der Waals surface area contributed by atoms with Crippen molar-refractivity contribution in [2.75, 3.05) is 21.3 Å².